The van der Waals surface area contributed by atoms with Gasteiger partial charge >= 0.3 is 36.4 Å². The fourth-order valence-electron chi connectivity index (χ4n) is 4.72. The summed E-state index contributed by atoms with van der Waals surface area (Å²) < 4.78 is 97.3. The molecule has 4 rings (SSSR count). The van der Waals surface area contributed by atoms with Crippen molar-refractivity contribution in [2.75, 3.05) is 13.1 Å². The molecular formula is C24H30F9N5O6S. The zero-order valence-corrected chi connectivity index (χ0v) is 24.4. The number of thiazole rings is 1. The number of nitrogens with zero attached hydrogens (tertiary/aromatic N) is 5. The molecule has 0 unspecified atom stereocenters. The van der Waals surface area contributed by atoms with Crippen molar-refractivity contribution in [3.05, 3.63) is 35.0 Å². The van der Waals surface area contributed by atoms with Gasteiger partial charge in [0.25, 0.3) is 0 Å². The van der Waals surface area contributed by atoms with Crippen LogP contribution < -0.4 is 0 Å². The largest absolute Gasteiger partial charge is 0.490 e. The average Bonchev–Trinajstić information content (AvgIpc) is 3.65. The molecule has 0 spiro atoms. The molecule has 0 bridgehead atoms. The van der Waals surface area contributed by atoms with E-state index >= 15 is 0 Å². The number of aromatic nitrogens is 3. The fraction of sp³-hybridized carbons (Fsp3) is 0.625. The van der Waals surface area contributed by atoms with Crippen LogP contribution in [0.5, 0.6) is 0 Å². The first-order valence-corrected chi connectivity index (χ1v) is 13.7. The Kier molecular flexibility index (Phi) is 14.7. The van der Waals surface area contributed by atoms with Gasteiger partial charge in [0.2, 0.25) is 0 Å². The summed E-state index contributed by atoms with van der Waals surface area (Å²) in [6, 6.07) is 3.97. The monoisotopic (exact) mass is 687 g/mol. The summed E-state index contributed by atoms with van der Waals surface area (Å²) >= 11 is 1.78. The third kappa shape index (κ3) is 14.0. The summed E-state index contributed by atoms with van der Waals surface area (Å²) in [4.78, 5) is 36.5. The second-order valence-electron chi connectivity index (χ2n) is 9.84. The van der Waals surface area contributed by atoms with Crippen molar-refractivity contribution in [3.8, 4) is 0 Å². The number of carboxylic acid groups (broad SMARTS) is 3. The molecule has 3 atom stereocenters. The predicted octanol–water partition coefficient (Wildman–Crippen LogP) is 4.61. The first-order chi connectivity index (χ1) is 20.5. The van der Waals surface area contributed by atoms with Gasteiger partial charge in [-0.2, -0.15) is 44.6 Å². The quantitative estimate of drug-likeness (QED) is 0.381. The van der Waals surface area contributed by atoms with Gasteiger partial charge in [0.05, 0.1) is 13.1 Å². The van der Waals surface area contributed by atoms with E-state index in [-0.39, 0.29) is 0 Å². The molecule has 2 aromatic heterocycles. The second kappa shape index (κ2) is 16.7. The van der Waals surface area contributed by atoms with Crippen molar-refractivity contribution < 1.29 is 69.2 Å². The number of fused-ring (bicyclic) bond motifs is 1. The molecule has 0 radical (unpaired) electrons. The van der Waals surface area contributed by atoms with Gasteiger partial charge in [0, 0.05) is 55.2 Å². The van der Waals surface area contributed by atoms with E-state index in [1.54, 1.807) is 11.3 Å². The highest BCUT2D eigenvalue weighted by Gasteiger charge is 2.45. The summed E-state index contributed by atoms with van der Waals surface area (Å²) in [5, 5.41) is 29.1. The molecule has 3 N–H and O–H groups in total. The lowest BCUT2D eigenvalue weighted by Gasteiger charge is -2.40. The molecule has 0 aliphatic carbocycles. The van der Waals surface area contributed by atoms with Gasteiger partial charge in [-0.15, -0.1) is 11.3 Å². The van der Waals surface area contributed by atoms with Crippen molar-refractivity contribution in [2.45, 2.75) is 76.4 Å². The molecular weight excluding hydrogens is 657 g/mol. The Morgan fingerprint density at radius 2 is 1.44 bits per heavy atom. The predicted molar refractivity (Wildman–Crippen MR) is 138 cm³/mol. The normalized spacial score (nSPS) is 20.5. The van der Waals surface area contributed by atoms with Crippen LogP contribution in [0.1, 0.15) is 31.7 Å². The van der Waals surface area contributed by atoms with Crippen LogP contribution in [0.2, 0.25) is 0 Å². The highest BCUT2D eigenvalue weighted by molar-refractivity contribution is 7.09. The van der Waals surface area contributed by atoms with Gasteiger partial charge in [-0.3, -0.25) is 14.5 Å². The number of aliphatic carboxylic acids is 3. The summed E-state index contributed by atoms with van der Waals surface area (Å²) in [7, 11) is 0. The Morgan fingerprint density at radius 3 is 1.82 bits per heavy atom. The van der Waals surface area contributed by atoms with Gasteiger partial charge in [-0.05, 0) is 38.7 Å². The van der Waals surface area contributed by atoms with Gasteiger partial charge in [0.1, 0.15) is 5.01 Å². The maximum absolute atomic E-state index is 10.6. The van der Waals surface area contributed by atoms with Crippen LogP contribution in [-0.2, 0) is 27.5 Å². The number of rotatable bonds is 5. The third-order valence-electron chi connectivity index (χ3n) is 6.28. The zero-order chi connectivity index (χ0) is 34.8. The van der Waals surface area contributed by atoms with Crippen LogP contribution >= 0.6 is 11.3 Å². The van der Waals surface area contributed by atoms with Crippen LogP contribution in [0.25, 0.3) is 0 Å². The van der Waals surface area contributed by atoms with E-state index in [0.29, 0.717) is 12.1 Å². The molecule has 2 aliphatic heterocycles. The second-order valence-corrected chi connectivity index (χ2v) is 10.8. The van der Waals surface area contributed by atoms with Gasteiger partial charge in [-0.25, -0.2) is 19.4 Å². The molecule has 2 aliphatic rings. The van der Waals surface area contributed by atoms with E-state index in [0.717, 1.165) is 25.0 Å². The third-order valence-corrected chi connectivity index (χ3v) is 7.04. The number of piperidine rings is 1. The molecule has 2 fully saturated rings. The van der Waals surface area contributed by atoms with Crippen molar-refractivity contribution in [1.82, 2.24) is 24.6 Å². The summed E-state index contributed by atoms with van der Waals surface area (Å²) in [6.45, 7) is 9.14. The maximum atomic E-state index is 10.6. The number of likely N-dealkylation sites (tertiary alicyclic amines) is 2. The lowest BCUT2D eigenvalue weighted by molar-refractivity contribution is -0.193. The van der Waals surface area contributed by atoms with Crippen molar-refractivity contribution in [1.29, 1.82) is 0 Å². The standard InChI is InChI=1S/C18H27N5S.3C2HF3O2/c1-14(2)23-16(12-22-7-3-5-20-22)10-15-11-21(8-4-17(15)23)13-18-19-6-9-24-18;3*3-2(4,5)1(6)7/h3,5-7,9,14-17H,4,8,10-13H2,1-2H3;3*(H,6,7)/t15-,16+,17+;;;/m1.../s1. The molecule has 0 aromatic carbocycles. The fourth-order valence-corrected chi connectivity index (χ4v) is 5.38. The minimum absolute atomic E-state index is 0.603. The highest BCUT2D eigenvalue weighted by Crippen LogP contribution is 2.38. The smallest absolute Gasteiger partial charge is 0.475 e. The van der Waals surface area contributed by atoms with Crippen LogP contribution in [0.3, 0.4) is 0 Å². The van der Waals surface area contributed by atoms with E-state index in [1.165, 1.54) is 30.9 Å². The SMILES string of the molecule is CC(C)N1[C@H](Cn2cccn2)C[C@@H]2CN(Cc3nccs3)CC[C@@H]21.O=C(O)C(F)(F)F.O=C(O)C(F)(F)F.O=C(O)C(F)(F)F. The minimum atomic E-state index is -5.08. The summed E-state index contributed by atoms with van der Waals surface area (Å²) in [5.74, 6) is -7.49. The maximum Gasteiger partial charge on any atom is 0.490 e. The van der Waals surface area contributed by atoms with E-state index in [2.05, 4.69) is 50.0 Å². The Balaban J connectivity index is 0.000000396. The molecule has 11 nitrogen and oxygen atoms in total. The van der Waals surface area contributed by atoms with Gasteiger partial charge < -0.3 is 15.3 Å². The van der Waals surface area contributed by atoms with Crippen molar-refractivity contribution in [2.24, 2.45) is 5.92 Å². The van der Waals surface area contributed by atoms with Crippen LogP contribution in [0, 0.1) is 5.92 Å². The number of carboxylic acids is 3. The molecule has 0 amide bonds. The number of alkyl halides is 9. The molecule has 0 saturated carbocycles. The highest BCUT2D eigenvalue weighted by atomic mass is 32.1. The Labute approximate surface area is 253 Å². The van der Waals surface area contributed by atoms with Crippen LogP contribution in [0.4, 0.5) is 39.5 Å². The number of hydrogen-bond acceptors (Lipinski definition) is 8. The number of hydrogen-bond donors (Lipinski definition) is 3. The number of carbonyl (C=O) groups is 3. The molecule has 21 heteroatoms. The molecule has 2 aromatic rings. The Bertz CT molecular complexity index is 1130. The Morgan fingerprint density at radius 1 is 0.933 bits per heavy atom. The lowest BCUT2D eigenvalue weighted by atomic mass is 9.92. The van der Waals surface area contributed by atoms with Crippen molar-refractivity contribution in [3.63, 3.8) is 0 Å². The Hall–Kier alpha value is -3.46. The molecule has 45 heavy (non-hydrogen) atoms. The van der Waals surface area contributed by atoms with Crippen LogP contribution in [0.15, 0.2) is 30.0 Å². The van der Waals surface area contributed by atoms with E-state index in [9.17, 15) is 39.5 Å². The van der Waals surface area contributed by atoms with Crippen LogP contribution in [-0.4, -0.2) is 108 Å². The van der Waals surface area contributed by atoms with Gasteiger partial charge in [-0.1, -0.05) is 0 Å². The molecule has 4 heterocycles. The average molecular weight is 688 g/mol. The first-order valence-electron chi connectivity index (χ1n) is 12.8. The minimum Gasteiger partial charge on any atom is -0.475 e. The number of halogens is 9. The van der Waals surface area contributed by atoms with E-state index in [1.807, 2.05) is 18.5 Å². The summed E-state index contributed by atoms with van der Waals surface area (Å²) in [6.07, 6.45) is -6.78. The van der Waals surface area contributed by atoms with E-state index < -0.39 is 36.4 Å². The topological polar surface area (TPSA) is 149 Å². The zero-order valence-electron chi connectivity index (χ0n) is 23.6. The summed E-state index contributed by atoms with van der Waals surface area (Å²) in [5.41, 5.74) is 0. The first kappa shape index (κ1) is 39.6. The van der Waals surface area contributed by atoms with Gasteiger partial charge in [0.15, 0.2) is 0 Å². The molecule has 256 valence electrons. The molecule has 2 saturated heterocycles. The lowest BCUT2D eigenvalue weighted by Crippen LogP contribution is -2.49. The van der Waals surface area contributed by atoms with Crippen molar-refractivity contribution >= 4 is 29.2 Å². The van der Waals surface area contributed by atoms with E-state index in [4.69, 9.17) is 29.7 Å².